The number of carbonyl (C=O) groups excluding carboxylic acids is 1. The fourth-order valence-electron chi connectivity index (χ4n) is 2.18. The average Bonchev–Trinajstić information content (AvgIpc) is 3.09. The van der Waals surface area contributed by atoms with Gasteiger partial charge in [0, 0.05) is 13.2 Å². The number of nitrogens with zero attached hydrogens (tertiary/aromatic N) is 3. The lowest BCUT2D eigenvalue weighted by Crippen LogP contribution is -2.37. The molecule has 7 heteroatoms. The Balaban J connectivity index is 1.75. The maximum atomic E-state index is 11.9. The summed E-state index contributed by atoms with van der Waals surface area (Å²) in [6.45, 7) is 7.19. The second kappa shape index (κ2) is 9.02. The van der Waals surface area contributed by atoms with Gasteiger partial charge < -0.3 is 15.4 Å². The quantitative estimate of drug-likeness (QED) is 0.728. The molecule has 1 aromatic carbocycles. The van der Waals surface area contributed by atoms with E-state index in [2.05, 4.69) is 20.7 Å². The Morgan fingerprint density at radius 1 is 1.25 bits per heavy atom. The summed E-state index contributed by atoms with van der Waals surface area (Å²) < 4.78 is 7.12. The average molecular weight is 331 g/mol. The van der Waals surface area contributed by atoms with Crippen molar-refractivity contribution in [2.24, 2.45) is 0 Å². The van der Waals surface area contributed by atoms with Crippen molar-refractivity contribution in [3.05, 3.63) is 42.5 Å². The summed E-state index contributed by atoms with van der Waals surface area (Å²) >= 11 is 0. The molecule has 0 saturated carbocycles. The Morgan fingerprint density at radius 2 is 2.00 bits per heavy atom. The third-order valence-corrected chi connectivity index (χ3v) is 3.48. The molecule has 0 saturated heterocycles. The molecule has 0 spiro atoms. The Morgan fingerprint density at radius 3 is 2.62 bits per heavy atom. The van der Waals surface area contributed by atoms with E-state index in [-0.39, 0.29) is 18.2 Å². The van der Waals surface area contributed by atoms with Crippen LogP contribution in [0.15, 0.2) is 36.9 Å². The maximum absolute atomic E-state index is 11.9. The van der Waals surface area contributed by atoms with Gasteiger partial charge in [-0.15, -0.1) is 0 Å². The highest BCUT2D eigenvalue weighted by molar-refractivity contribution is 5.74. The molecule has 0 aliphatic carbocycles. The van der Waals surface area contributed by atoms with Crippen LogP contribution in [0.25, 0.3) is 5.69 Å². The summed E-state index contributed by atoms with van der Waals surface area (Å²) in [6.07, 6.45) is 4.16. The molecule has 0 unspecified atom stereocenters. The molecule has 2 amide bonds. The van der Waals surface area contributed by atoms with Gasteiger partial charge in [-0.3, -0.25) is 0 Å². The molecule has 0 fully saturated rings. The molecule has 2 rings (SSSR count). The highest BCUT2D eigenvalue weighted by Crippen LogP contribution is 2.14. The Hall–Kier alpha value is -2.41. The van der Waals surface area contributed by atoms with Crippen LogP contribution in [0.5, 0.6) is 0 Å². The van der Waals surface area contributed by atoms with Gasteiger partial charge in [-0.25, -0.2) is 14.5 Å². The molecule has 1 heterocycles. The topological polar surface area (TPSA) is 81.1 Å². The predicted molar refractivity (Wildman–Crippen MR) is 92.0 cm³/mol. The molecule has 2 aromatic rings. The molecule has 130 valence electrons. The monoisotopic (exact) mass is 331 g/mol. The first-order valence-electron chi connectivity index (χ1n) is 8.17. The van der Waals surface area contributed by atoms with Crippen molar-refractivity contribution in [2.45, 2.75) is 39.3 Å². The van der Waals surface area contributed by atoms with Crippen molar-refractivity contribution >= 4 is 6.03 Å². The molecular weight excluding hydrogens is 306 g/mol. The predicted octanol–water partition coefficient (Wildman–Crippen LogP) is 2.44. The highest BCUT2D eigenvalue weighted by Gasteiger charge is 2.09. The van der Waals surface area contributed by atoms with E-state index in [9.17, 15) is 4.79 Å². The van der Waals surface area contributed by atoms with Crippen LogP contribution in [0.1, 0.15) is 38.8 Å². The smallest absolute Gasteiger partial charge is 0.315 e. The number of hydrogen-bond acceptors (Lipinski definition) is 4. The fraction of sp³-hybridized carbons (Fsp3) is 0.471. The van der Waals surface area contributed by atoms with Crippen molar-refractivity contribution in [2.75, 3.05) is 13.2 Å². The standard InChI is InChI=1S/C17H25N5O2/c1-13(2)24-10-4-9-19-17(23)21-14(3)15-5-7-16(8-6-15)22-12-18-11-20-22/h5-8,11-14H,4,9-10H2,1-3H3,(H2,19,21,23)/t14-/m1/s1. The molecule has 24 heavy (non-hydrogen) atoms. The lowest BCUT2D eigenvalue weighted by Gasteiger charge is -2.15. The molecule has 0 aliphatic rings. The first-order valence-corrected chi connectivity index (χ1v) is 8.17. The van der Waals surface area contributed by atoms with E-state index >= 15 is 0 Å². The van der Waals surface area contributed by atoms with E-state index in [4.69, 9.17) is 4.74 Å². The van der Waals surface area contributed by atoms with Crippen LogP contribution in [0.2, 0.25) is 0 Å². The van der Waals surface area contributed by atoms with E-state index in [0.29, 0.717) is 13.2 Å². The van der Waals surface area contributed by atoms with Crippen molar-refractivity contribution in [3.63, 3.8) is 0 Å². The molecule has 7 nitrogen and oxygen atoms in total. The minimum atomic E-state index is -0.174. The maximum Gasteiger partial charge on any atom is 0.315 e. The van der Waals surface area contributed by atoms with E-state index in [0.717, 1.165) is 17.7 Å². The van der Waals surface area contributed by atoms with Crippen LogP contribution in [0.3, 0.4) is 0 Å². The first kappa shape index (κ1) is 17.9. The van der Waals surface area contributed by atoms with E-state index < -0.39 is 0 Å². The van der Waals surface area contributed by atoms with Crippen LogP contribution in [-0.2, 0) is 4.74 Å². The molecule has 1 atom stereocenters. The fourth-order valence-corrected chi connectivity index (χ4v) is 2.18. The summed E-state index contributed by atoms with van der Waals surface area (Å²) in [6, 6.07) is 7.58. The van der Waals surface area contributed by atoms with Gasteiger partial charge in [0.15, 0.2) is 0 Å². The van der Waals surface area contributed by atoms with E-state index in [1.807, 2.05) is 45.0 Å². The van der Waals surface area contributed by atoms with Crippen molar-refractivity contribution in [3.8, 4) is 5.69 Å². The van der Waals surface area contributed by atoms with Crippen LogP contribution in [-0.4, -0.2) is 40.1 Å². The van der Waals surface area contributed by atoms with E-state index in [1.54, 1.807) is 11.0 Å². The van der Waals surface area contributed by atoms with Gasteiger partial charge in [-0.2, -0.15) is 5.10 Å². The zero-order valence-electron chi connectivity index (χ0n) is 14.4. The third kappa shape index (κ3) is 5.66. The van der Waals surface area contributed by atoms with Gasteiger partial charge in [-0.05, 0) is 44.9 Å². The Bertz CT molecular complexity index is 610. The summed E-state index contributed by atoms with van der Waals surface area (Å²) in [4.78, 5) is 15.8. The lowest BCUT2D eigenvalue weighted by atomic mass is 10.1. The van der Waals surface area contributed by atoms with Gasteiger partial charge in [0.1, 0.15) is 12.7 Å². The van der Waals surface area contributed by atoms with Crippen LogP contribution < -0.4 is 10.6 Å². The van der Waals surface area contributed by atoms with Crippen LogP contribution in [0.4, 0.5) is 4.79 Å². The SMILES string of the molecule is CC(C)OCCCNC(=O)N[C@H](C)c1ccc(-n2cncn2)cc1. The summed E-state index contributed by atoms with van der Waals surface area (Å²) in [5.41, 5.74) is 1.95. The highest BCUT2D eigenvalue weighted by atomic mass is 16.5. The number of ether oxygens (including phenoxy) is 1. The molecule has 0 bridgehead atoms. The number of amides is 2. The molecule has 0 radical (unpaired) electrons. The number of aromatic nitrogens is 3. The lowest BCUT2D eigenvalue weighted by molar-refractivity contribution is 0.0774. The minimum absolute atomic E-state index is 0.0817. The third-order valence-electron chi connectivity index (χ3n) is 3.48. The minimum Gasteiger partial charge on any atom is -0.379 e. The van der Waals surface area contributed by atoms with Crippen LogP contribution >= 0.6 is 0 Å². The number of hydrogen-bond donors (Lipinski definition) is 2. The van der Waals surface area contributed by atoms with Crippen LogP contribution in [0, 0.1) is 0 Å². The largest absolute Gasteiger partial charge is 0.379 e. The summed E-state index contributed by atoms with van der Waals surface area (Å²) in [5, 5.41) is 9.85. The molecular formula is C17H25N5O2. The molecule has 0 aliphatic heterocycles. The number of benzene rings is 1. The van der Waals surface area contributed by atoms with Gasteiger partial charge in [0.05, 0.1) is 17.8 Å². The second-order valence-corrected chi connectivity index (χ2v) is 5.83. The zero-order valence-corrected chi connectivity index (χ0v) is 14.4. The van der Waals surface area contributed by atoms with Crippen molar-refractivity contribution < 1.29 is 9.53 Å². The van der Waals surface area contributed by atoms with Gasteiger partial charge in [0.2, 0.25) is 0 Å². The van der Waals surface area contributed by atoms with Crippen molar-refractivity contribution in [1.82, 2.24) is 25.4 Å². The van der Waals surface area contributed by atoms with Gasteiger partial charge in [0.25, 0.3) is 0 Å². The molecule has 2 N–H and O–H groups in total. The Kier molecular flexibility index (Phi) is 6.74. The molecule has 1 aromatic heterocycles. The number of rotatable bonds is 8. The van der Waals surface area contributed by atoms with Crippen molar-refractivity contribution in [1.29, 1.82) is 0 Å². The number of nitrogens with one attached hydrogen (secondary N) is 2. The zero-order chi connectivity index (χ0) is 17.4. The number of carbonyl (C=O) groups is 1. The van der Waals surface area contributed by atoms with Gasteiger partial charge in [-0.1, -0.05) is 12.1 Å². The summed E-state index contributed by atoms with van der Waals surface area (Å²) in [7, 11) is 0. The summed E-state index contributed by atoms with van der Waals surface area (Å²) in [5.74, 6) is 0. The first-order chi connectivity index (χ1) is 11.6. The second-order valence-electron chi connectivity index (χ2n) is 5.83. The van der Waals surface area contributed by atoms with E-state index in [1.165, 1.54) is 6.33 Å². The van der Waals surface area contributed by atoms with Gasteiger partial charge >= 0.3 is 6.03 Å². The number of urea groups is 1. The normalized spacial score (nSPS) is 12.2. The Labute approximate surface area is 142 Å².